The monoisotopic (exact) mass is 306 g/mol. The van der Waals surface area contributed by atoms with E-state index in [9.17, 15) is 4.79 Å². The van der Waals surface area contributed by atoms with Crippen molar-refractivity contribution in [1.82, 2.24) is 4.57 Å². The van der Waals surface area contributed by atoms with E-state index >= 15 is 0 Å². The van der Waals surface area contributed by atoms with Crippen LogP contribution in [0.1, 0.15) is 21.6 Å². The van der Waals surface area contributed by atoms with Crippen molar-refractivity contribution in [2.45, 2.75) is 13.8 Å². The molecule has 0 radical (unpaired) electrons. The molecule has 2 rings (SSSR count). The van der Waals surface area contributed by atoms with Gasteiger partial charge in [0.25, 0.3) is 5.91 Å². The number of nitrogens with zero attached hydrogens (tertiary/aromatic N) is 1. The summed E-state index contributed by atoms with van der Waals surface area (Å²) in [5.74, 6) is -0.102. The Morgan fingerprint density at radius 2 is 2.00 bits per heavy atom. The Morgan fingerprint density at radius 1 is 1.28 bits per heavy atom. The number of anilines is 1. The van der Waals surface area contributed by atoms with Gasteiger partial charge in [0, 0.05) is 23.4 Å². The Hall–Kier alpha value is -1.55. The molecule has 1 heterocycles. The highest BCUT2D eigenvalue weighted by Gasteiger charge is 2.12. The average molecular weight is 307 g/mol. The Balaban J connectivity index is 2.24. The zero-order valence-corrected chi connectivity index (χ0v) is 12.2. The molecule has 1 amide bonds. The summed E-state index contributed by atoms with van der Waals surface area (Å²) in [6.07, 6.45) is 1.86. The van der Waals surface area contributed by atoms with E-state index < -0.39 is 0 Å². The van der Waals surface area contributed by atoms with E-state index in [-0.39, 0.29) is 5.91 Å². The Morgan fingerprint density at radius 3 is 2.56 bits per heavy atom. The van der Waals surface area contributed by atoms with Gasteiger partial charge in [0.2, 0.25) is 0 Å². The third kappa shape index (κ3) is 2.64. The first kappa shape index (κ1) is 12.9. The second kappa shape index (κ2) is 4.98. The number of hydrogen-bond acceptors (Lipinski definition) is 1. The first-order valence-electron chi connectivity index (χ1n) is 5.68. The predicted molar refractivity (Wildman–Crippen MR) is 77.0 cm³/mol. The maximum Gasteiger partial charge on any atom is 0.272 e. The van der Waals surface area contributed by atoms with Gasteiger partial charge in [-0.05, 0) is 47.5 Å². The molecule has 1 aromatic carbocycles. The summed E-state index contributed by atoms with van der Waals surface area (Å²) in [5.41, 5.74) is 3.73. The third-order valence-electron chi connectivity index (χ3n) is 2.83. The van der Waals surface area contributed by atoms with Crippen LogP contribution in [0, 0.1) is 13.8 Å². The molecular weight excluding hydrogens is 292 g/mol. The van der Waals surface area contributed by atoms with E-state index in [1.54, 1.807) is 10.6 Å². The topological polar surface area (TPSA) is 34.0 Å². The lowest BCUT2D eigenvalue weighted by Gasteiger charge is -2.09. The smallest absolute Gasteiger partial charge is 0.272 e. The predicted octanol–water partition coefficient (Wildman–Crippen LogP) is 3.66. The zero-order chi connectivity index (χ0) is 13.3. The molecule has 1 N–H and O–H groups in total. The van der Waals surface area contributed by atoms with Crippen molar-refractivity contribution in [3.8, 4) is 0 Å². The van der Waals surface area contributed by atoms with Crippen molar-refractivity contribution >= 4 is 27.5 Å². The Bertz CT molecular complexity index is 602. The van der Waals surface area contributed by atoms with Crippen LogP contribution in [0.25, 0.3) is 0 Å². The number of hydrogen-bond donors (Lipinski definition) is 1. The molecule has 94 valence electrons. The third-order valence-corrected chi connectivity index (χ3v) is 3.27. The number of rotatable bonds is 2. The molecule has 0 unspecified atom stereocenters. The summed E-state index contributed by atoms with van der Waals surface area (Å²) in [5, 5.41) is 2.93. The number of aromatic nitrogens is 1. The van der Waals surface area contributed by atoms with Gasteiger partial charge in [-0.1, -0.05) is 17.7 Å². The van der Waals surface area contributed by atoms with Gasteiger partial charge in [-0.25, -0.2) is 0 Å². The van der Waals surface area contributed by atoms with Crippen molar-refractivity contribution < 1.29 is 4.79 Å². The lowest BCUT2D eigenvalue weighted by Crippen LogP contribution is -2.15. The summed E-state index contributed by atoms with van der Waals surface area (Å²) in [6, 6.07) is 7.78. The summed E-state index contributed by atoms with van der Waals surface area (Å²) >= 11 is 3.36. The van der Waals surface area contributed by atoms with Crippen molar-refractivity contribution in [3.05, 3.63) is 51.8 Å². The van der Waals surface area contributed by atoms with E-state index in [0.717, 1.165) is 15.7 Å². The molecule has 0 spiro atoms. The maximum absolute atomic E-state index is 12.1. The fraction of sp³-hybridized carbons (Fsp3) is 0.214. The highest BCUT2D eigenvalue weighted by Crippen LogP contribution is 2.19. The van der Waals surface area contributed by atoms with Gasteiger partial charge in [-0.15, -0.1) is 0 Å². The lowest BCUT2D eigenvalue weighted by molar-refractivity contribution is 0.101. The average Bonchev–Trinajstić information content (AvgIpc) is 2.62. The van der Waals surface area contributed by atoms with Crippen LogP contribution in [0.4, 0.5) is 5.69 Å². The van der Waals surface area contributed by atoms with Crippen molar-refractivity contribution in [3.63, 3.8) is 0 Å². The van der Waals surface area contributed by atoms with Crippen LogP contribution in [0.5, 0.6) is 0 Å². The Kier molecular flexibility index (Phi) is 3.57. The van der Waals surface area contributed by atoms with Crippen LogP contribution in [0.15, 0.2) is 34.9 Å². The number of nitrogens with one attached hydrogen (secondary N) is 1. The molecule has 0 bridgehead atoms. The van der Waals surface area contributed by atoms with E-state index in [1.165, 1.54) is 5.56 Å². The van der Waals surface area contributed by atoms with Crippen molar-refractivity contribution in [2.24, 2.45) is 7.05 Å². The highest BCUT2D eigenvalue weighted by atomic mass is 79.9. The standard InChI is InChI=1S/C14H15BrN2O/c1-9-4-5-12(10(2)6-9)16-14(18)13-7-11(15)8-17(13)3/h4-8H,1-3H3,(H,16,18). The summed E-state index contributed by atoms with van der Waals surface area (Å²) < 4.78 is 2.69. The van der Waals surface area contributed by atoms with Gasteiger partial charge >= 0.3 is 0 Å². The number of amides is 1. The number of carbonyl (C=O) groups is 1. The quantitative estimate of drug-likeness (QED) is 0.902. The molecule has 0 aliphatic heterocycles. The number of carbonyl (C=O) groups excluding carboxylic acids is 1. The molecule has 0 aliphatic rings. The lowest BCUT2D eigenvalue weighted by atomic mass is 10.1. The van der Waals surface area contributed by atoms with Gasteiger partial charge in [0.05, 0.1) is 0 Å². The molecule has 18 heavy (non-hydrogen) atoms. The normalized spacial score (nSPS) is 10.4. The molecule has 0 saturated heterocycles. The molecule has 1 aromatic heterocycles. The Labute approximate surface area is 115 Å². The fourth-order valence-corrected chi connectivity index (χ4v) is 2.41. The minimum Gasteiger partial charge on any atom is -0.345 e. The van der Waals surface area contributed by atoms with Gasteiger partial charge in [0.1, 0.15) is 5.69 Å². The molecule has 0 fully saturated rings. The van der Waals surface area contributed by atoms with E-state index in [0.29, 0.717) is 5.69 Å². The van der Waals surface area contributed by atoms with E-state index in [2.05, 4.69) is 27.3 Å². The summed E-state index contributed by atoms with van der Waals surface area (Å²) in [4.78, 5) is 12.1. The molecule has 4 heteroatoms. The molecular formula is C14H15BrN2O. The van der Waals surface area contributed by atoms with Crippen LogP contribution in [-0.2, 0) is 7.05 Å². The zero-order valence-electron chi connectivity index (χ0n) is 10.6. The van der Waals surface area contributed by atoms with E-state index in [4.69, 9.17) is 0 Å². The van der Waals surface area contributed by atoms with Crippen LogP contribution in [0.3, 0.4) is 0 Å². The van der Waals surface area contributed by atoms with Gasteiger partial charge in [0.15, 0.2) is 0 Å². The molecule has 0 atom stereocenters. The highest BCUT2D eigenvalue weighted by molar-refractivity contribution is 9.10. The minimum absolute atomic E-state index is 0.102. The molecule has 0 aliphatic carbocycles. The van der Waals surface area contributed by atoms with Crippen LogP contribution in [-0.4, -0.2) is 10.5 Å². The number of aryl methyl sites for hydroxylation is 3. The fourth-order valence-electron chi connectivity index (χ4n) is 1.89. The first-order chi connectivity index (χ1) is 8.47. The van der Waals surface area contributed by atoms with Crippen LogP contribution < -0.4 is 5.32 Å². The van der Waals surface area contributed by atoms with Crippen LogP contribution >= 0.6 is 15.9 Å². The summed E-state index contributed by atoms with van der Waals surface area (Å²) in [6.45, 7) is 4.02. The largest absolute Gasteiger partial charge is 0.345 e. The minimum atomic E-state index is -0.102. The van der Waals surface area contributed by atoms with Gasteiger partial charge in [-0.3, -0.25) is 4.79 Å². The molecule has 0 saturated carbocycles. The number of halogens is 1. The SMILES string of the molecule is Cc1ccc(NC(=O)c2cc(Br)cn2C)c(C)c1. The number of benzene rings is 1. The van der Waals surface area contributed by atoms with Gasteiger partial charge in [-0.2, -0.15) is 0 Å². The summed E-state index contributed by atoms with van der Waals surface area (Å²) in [7, 11) is 1.85. The van der Waals surface area contributed by atoms with Crippen molar-refractivity contribution in [2.75, 3.05) is 5.32 Å². The van der Waals surface area contributed by atoms with Crippen molar-refractivity contribution in [1.29, 1.82) is 0 Å². The first-order valence-corrected chi connectivity index (χ1v) is 6.47. The second-order valence-corrected chi connectivity index (χ2v) is 5.34. The second-order valence-electron chi connectivity index (χ2n) is 4.43. The van der Waals surface area contributed by atoms with Gasteiger partial charge < -0.3 is 9.88 Å². The molecule has 2 aromatic rings. The molecule has 3 nitrogen and oxygen atoms in total. The maximum atomic E-state index is 12.1. The van der Waals surface area contributed by atoms with Crippen LogP contribution in [0.2, 0.25) is 0 Å². The van der Waals surface area contributed by atoms with E-state index in [1.807, 2.05) is 39.2 Å².